The molecule has 2 heterocycles. The van der Waals surface area contributed by atoms with E-state index in [1.165, 1.54) is 0 Å². The number of aromatic nitrogens is 4. The molecule has 1 amide bonds. The average Bonchev–Trinajstić information content (AvgIpc) is 3.40. The zero-order valence-corrected chi connectivity index (χ0v) is 18.3. The van der Waals surface area contributed by atoms with E-state index in [0.29, 0.717) is 18.1 Å². The van der Waals surface area contributed by atoms with E-state index in [0.717, 1.165) is 28.2 Å². The molecule has 0 aliphatic rings. The molecular formula is C24H24ClN5O. The lowest BCUT2D eigenvalue weighted by atomic mass is 10.0. The quantitative estimate of drug-likeness (QED) is 0.466. The van der Waals surface area contributed by atoms with Gasteiger partial charge in [0, 0.05) is 36.6 Å². The van der Waals surface area contributed by atoms with Gasteiger partial charge in [-0.25, -0.2) is 4.98 Å². The molecule has 6 nitrogen and oxygen atoms in total. The number of nitrogens with zero attached hydrogens (tertiary/aromatic N) is 4. The largest absolute Gasteiger partial charge is 0.354 e. The molecule has 0 spiro atoms. The van der Waals surface area contributed by atoms with Crippen LogP contribution in [0.5, 0.6) is 0 Å². The molecule has 2 aromatic heterocycles. The van der Waals surface area contributed by atoms with Gasteiger partial charge in [-0.05, 0) is 30.2 Å². The predicted octanol–water partition coefficient (Wildman–Crippen LogP) is 4.52. The van der Waals surface area contributed by atoms with Crippen molar-refractivity contribution in [2.24, 2.45) is 7.05 Å². The highest BCUT2D eigenvalue weighted by Crippen LogP contribution is 2.31. The molecule has 0 aliphatic heterocycles. The van der Waals surface area contributed by atoms with Crippen LogP contribution < -0.4 is 5.32 Å². The summed E-state index contributed by atoms with van der Waals surface area (Å²) in [6.07, 6.45) is 5.50. The third kappa shape index (κ3) is 4.54. The summed E-state index contributed by atoms with van der Waals surface area (Å²) < 4.78 is 3.85. The summed E-state index contributed by atoms with van der Waals surface area (Å²) in [6.45, 7) is 2.91. The lowest BCUT2D eigenvalue weighted by Gasteiger charge is -2.14. The van der Waals surface area contributed by atoms with Crippen LogP contribution in [0.1, 0.15) is 18.4 Å². The van der Waals surface area contributed by atoms with E-state index in [9.17, 15) is 4.79 Å². The molecule has 1 atom stereocenters. The number of carbonyl (C=O) groups excluding carboxylic acids is 1. The standard InChI is InChI=1S/C24H24ClN5O/c1-17(18-6-4-3-5-7-18)24(31)27-13-15-30-22(23-26-12-14-29(23)2)21(16-28-30)19-8-10-20(25)11-9-19/h3-12,14,16-17H,13,15H2,1-2H3,(H,27,31)/t17-/m1/s1. The number of amides is 1. The molecule has 31 heavy (non-hydrogen) atoms. The van der Waals surface area contributed by atoms with Gasteiger partial charge in [-0.1, -0.05) is 54.1 Å². The molecule has 4 rings (SSSR count). The first-order valence-corrected chi connectivity index (χ1v) is 10.5. The van der Waals surface area contributed by atoms with Crippen LogP contribution in [-0.2, 0) is 18.4 Å². The summed E-state index contributed by atoms with van der Waals surface area (Å²) in [5, 5.41) is 8.30. The lowest BCUT2D eigenvalue weighted by molar-refractivity contribution is -0.122. The Kier molecular flexibility index (Phi) is 6.18. The summed E-state index contributed by atoms with van der Waals surface area (Å²) >= 11 is 6.06. The normalized spacial score (nSPS) is 12.0. The Bertz CT molecular complexity index is 1160. The Morgan fingerprint density at radius 3 is 2.55 bits per heavy atom. The van der Waals surface area contributed by atoms with E-state index in [4.69, 9.17) is 11.6 Å². The third-order valence-electron chi connectivity index (χ3n) is 5.34. The van der Waals surface area contributed by atoms with E-state index < -0.39 is 0 Å². The van der Waals surface area contributed by atoms with E-state index in [2.05, 4.69) is 15.4 Å². The molecule has 0 fully saturated rings. The first-order chi connectivity index (χ1) is 15.0. The molecule has 1 N–H and O–H groups in total. The maximum absolute atomic E-state index is 12.6. The van der Waals surface area contributed by atoms with Crippen molar-refractivity contribution in [1.29, 1.82) is 0 Å². The minimum atomic E-state index is -0.211. The van der Waals surface area contributed by atoms with Crippen molar-refractivity contribution in [2.75, 3.05) is 6.54 Å². The second kappa shape index (κ2) is 9.18. The van der Waals surface area contributed by atoms with Crippen molar-refractivity contribution in [3.8, 4) is 22.6 Å². The molecule has 0 saturated carbocycles. The van der Waals surface area contributed by atoms with Crippen molar-refractivity contribution in [3.05, 3.63) is 83.8 Å². The summed E-state index contributed by atoms with van der Waals surface area (Å²) in [4.78, 5) is 17.1. The molecule has 2 aromatic carbocycles. The van der Waals surface area contributed by atoms with Crippen LogP contribution in [0.25, 0.3) is 22.6 Å². The maximum Gasteiger partial charge on any atom is 0.227 e. The van der Waals surface area contributed by atoms with E-state index in [1.54, 1.807) is 6.20 Å². The van der Waals surface area contributed by atoms with Gasteiger partial charge in [0.2, 0.25) is 5.91 Å². The van der Waals surface area contributed by atoms with Gasteiger partial charge in [-0.3, -0.25) is 9.48 Å². The average molecular weight is 434 g/mol. The Morgan fingerprint density at radius 1 is 1.13 bits per heavy atom. The van der Waals surface area contributed by atoms with Crippen molar-refractivity contribution in [2.45, 2.75) is 19.4 Å². The molecular weight excluding hydrogens is 410 g/mol. The van der Waals surface area contributed by atoms with Crippen LogP contribution in [0.2, 0.25) is 5.02 Å². The van der Waals surface area contributed by atoms with Crippen LogP contribution >= 0.6 is 11.6 Å². The van der Waals surface area contributed by atoms with Gasteiger partial charge in [-0.2, -0.15) is 5.10 Å². The van der Waals surface area contributed by atoms with Gasteiger partial charge >= 0.3 is 0 Å². The highest BCUT2D eigenvalue weighted by atomic mass is 35.5. The Balaban J connectivity index is 1.54. The van der Waals surface area contributed by atoms with Crippen LogP contribution in [0.4, 0.5) is 0 Å². The third-order valence-corrected chi connectivity index (χ3v) is 5.60. The second-order valence-corrected chi connectivity index (χ2v) is 7.86. The molecule has 0 radical (unpaired) electrons. The lowest BCUT2D eigenvalue weighted by Crippen LogP contribution is -2.31. The Labute approximate surface area is 186 Å². The van der Waals surface area contributed by atoms with Crippen molar-refractivity contribution in [3.63, 3.8) is 0 Å². The number of hydrogen-bond acceptors (Lipinski definition) is 3. The summed E-state index contributed by atoms with van der Waals surface area (Å²) in [5.41, 5.74) is 3.88. The van der Waals surface area contributed by atoms with Gasteiger partial charge in [0.1, 0.15) is 5.69 Å². The number of rotatable bonds is 7. The zero-order chi connectivity index (χ0) is 21.8. The number of imidazole rings is 1. The van der Waals surface area contributed by atoms with Crippen LogP contribution in [0.15, 0.2) is 73.2 Å². The van der Waals surface area contributed by atoms with Crippen LogP contribution in [0.3, 0.4) is 0 Å². The Morgan fingerprint density at radius 2 is 1.87 bits per heavy atom. The molecule has 0 unspecified atom stereocenters. The predicted molar refractivity (Wildman–Crippen MR) is 123 cm³/mol. The van der Waals surface area contributed by atoms with Crippen molar-refractivity contribution in [1.82, 2.24) is 24.6 Å². The maximum atomic E-state index is 12.6. The van der Waals surface area contributed by atoms with Gasteiger partial charge < -0.3 is 9.88 Å². The Hall–Kier alpha value is -3.38. The molecule has 0 saturated heterocycles. The fourth-order valence-corrected chi connectivity index (χ4v) is 3.68. The number of halogens is 1. The number of benzene rings is 2. The first-order valence-electron chi connectivity index (χ1n) is 10.2. The van der Waals surface area contributed by atoms with E-state index >= 15 is 0 Å². The zero-order valence-electron chi connectivity index (χ0n) is 17.5. The van der Waals surface area contributed by atoms with Crippen molar-refractivity contribution < 1.29 is 4.79 Å². The molecule has 7 heteroatoms. The van der Waals surface area contributed by atoms with Gasteiger partial charge in [-0.15, -0.1) is 0 Å². The van der Waals surface area contributed by atoms with Gasteiger partial charge in [0.15, 0.2) is 5.82 Å². The fraction of sp³-hybridized carbons (Fsp3) is 0.208. The van der Waals surface area contributed by atoms with Crippen LogP contribution in [0, 0.1) is 0 Å². The minimum Gasteiger partial charge on any atom is -0.354 e. The topological polar surface area (TPSA) is 64.7 Å². The van der Waals surface area contributed by atoms with Gasteiger partial charge in [0.05, 0.1) is 18.7 Å². The summed E-state index contributed by atoms with van der Waals surface area (Å²) in [6, 6.07) is 17.4. The number of aryl methyl sites for hydroxylation is 1. The second-order valence-electron chi connectivity index (χ2n) is 7.42. The smallest absolute Gasteiger partial charge is 0.227 e. The minimum absolute atomic E-state index is 0.00479. The number of hydrogen-bond donors (Lipinski definition) is 1. The fourth-order valence-electron chi connectivity index (χ4n) is 3.56. The monoisotopic (exact) mass is 433 g/mol. The summed E-state index contributed by atoms with van der Waals surface area (Å²) in [7, 11) is 1.95. The molecule has 158 valence electrons. The molecule has 4 aromatic rings. The highest BCUT2D eigenvalue weighted by molar-refractivity contribution is 6.30. The number of carbonyl (C=O) groups is 1. The van der Waals surface area contributed by atoms with Gasteiger partial charge in [0.25, 0.3) is 0 Å². The molecule has 0 bridgehead atoms. The van der Waals surface area contributed by atoms with Crippen LogP contribution in [-0.4, -0.2) is 31.8 Å². The SMILES string of the molecule is C[C@@H](C(=O)NCCn1ncc(-c2ccc(Cl)cc2)c1-c1nccn1C)c1ccccc1. The summed E-state index contributed by atoms with van der Waals surface area (Å²) in [5.74, 6) is 0.596. The van der Waals surface area contributed by atoms with E-state index in [-0.39, 0.29) is 11.8 Å². The highest BCUT2D eigenvalue weighted by Gasteiger charge is 2.19. The molecule has 0 aliphatic carbocycles. The van der Waals surface area contributed by atoms with E-state index in [1.807, 2.05) is 90.2 Å². The van der Waals surface area contributed by atoms with Crippen molar-refractivity contribution >= 4 is 17.5 Å². The number of nitrogens with one attached hydrogen (secondary N) is 1. The first kappa shape index (κ1) is 20.9.